The Balaban J connectivity index is 3.86. The molecule has 0 saturated carbocycles. The van der Waals surface area contributed by atoms with E-state index < -0.39 is 29.8 Å². The minimum atomic E-state index is -2.69. The highest BCUT2D eigenvalue weighted by Crippen LogP contribution is 2.21. The van der Waals surface area contributed by atoms with Gasteiger partial charge in [-0.25, -0.2) is 9.59 Å². The second-order valence-electron chi connectivity index (χ2n) is 7.94. The highest BCUT2D eigenvalue weighted by atomic mass is 33.1. The molecule has 2 N–H and O–H groups in total. The third kappa shape index (κ3) is 19.5. The van der Waals surface area contributed by atoms with Crippen LogP contribution in [0.2, 0.25) is 12.1 Å². The zero-order chi connectivity index (χ0) is 30.0. The summed E-state index contributed by atoms with van der Waals surface area (Å²) < 4.78 is 45.3. The van der Waals surface area contributed by atoms with Gasteiger partial charge in [0.05, 0.1) is 0 Å². The molecule has 0 aromatic heterocycles. The van der Waals surface area contributed by atoms with Crippen LogP contribution < -0.4 is 10.6 Å². The molecule has 2 amide bonds. The molecule has 0 fully saturated rings. The summed E-state index contributed by atoms with van der Waals surface area (Å²) in [4.78, 5) is 23.8. The van der Waals surface area contributed by atoms with Gasteiger partial charge in [0.15, 0.2) is 0 Å². The zero-order valence-electron chi connectivity index (χ0n) is 25.2. The lowest BCUT2D eigenvalue weighted by atomic mass is 10.5. The van der Waals surface area contributed by atoms with Crippen LogP contribution in [0.5, 0.6) is 0 Å². The van der Waals surface area contributed by atoms with E-state index in [0.29, 0.717) is 89.2 Å². The van der Waals surface area contributed by atoms with E-state index in [9.17, 15) is 9.59 Å². The van der Waals surface area contributed by atoms with Crippen LogP contribution in [0, 0.1) is 0 Å². The standard InChI is InChI=1S/C24H52N2O10S2Si2/c1-7-31-39(32-8-2,33-9-3)21-13-15-25-23(27)29-17-19-37-38-20-18-30-24(28)26-16-14-22-40(34-10-4,35-11-5)36-12-6/h7-22H2,1-6H3,(H,25,27)(H,26,28). The fourth-order valence-corrected chi connectivity index (χ4v) is 10.4. The first kappa shape index (κ1) is 39.4. The van der Waals surface area contributed by atoms with Crippen LogP contribution in [0.3, 0.4) is 0 Å². The summed E-state index contributed by atoms with van der Waals surface area (Å²) in [5.41, 5.74) is 0. The Labute approximate surface area is 251 Å². The summed E-state index contributed by atoms with van der Waals surface area (Å²) in [6.07, 6.45) is 0.447. The average molecular weight is 649 g/mol. The van der Waals surface area contributed by atoms with E-state index in [1.165, 1.54) is 0 Å². The van der Waals surface area contributed by atoms with Crippen molar-refractivity contribution in [1.82, 2.24) is 10.6 Å². The number of carbonyl (C=O) groups excluding carboxylic acids is 2. The Morgan fingerprint density at radius 3 is 1.12 bits per heavy atom. The number of rotatable bonds is 27. The van der Waals surface area contributed by atoms with Crippen molar-refractivity contribution < 1.29 is 45.6 Å². The van der Waals surface area contributed by atoms with Crippen LogP contribution in [-0.4, -0.2) is 107 Å². The highest BCUT2D eigenvalue weighted by Gasteiger charge is 2.40. The first-order valence-electron chi connectivity index (χ1n) is 14.3. The molecule has 0 heterocycles. The lowest BCUT2D eigenvalue weighted by molar-refractivity contribution is 0.0699. The Bertz CT molecular complexity index is 558. The van der Waals surface area contributed by atoms with Crippen LogP contribution in [0.15, 0.2) is 0 Å². The molecular weight excluding hydrogens is 597 g/mol. The van der Waals surface area contributed by atoms with E-state index in [1.807, 2.05) is 41.5 Å². The van der Waals surface area contributed by atoms with E-state index in [-0.39, 0.29) is 13.2 Å². The van der Waals surface area contributed by atoms with Crippen LogP contribution in [0.25, 0.3) is 0 Å². The monoisotopic (exact) mass is 648 g/mol. The van der Waals surface area contributed by atoms with E-state index >= 15 is 0 Å². The maximum absolute atomic E-state index is 11.9. The SMILES string of the molecule is CCO[Si](CCCNC(=O)OCCSSCCOC(=O)NCCC[Si](OCC)(OCC)OCC)(OCC)OCC. The molecular formula is C24H52N2O10S2Si2. The lowest BCUT2D eigenvalue weighted by Crippen LogP contribution is -2.46. The van der Waals surface area contributed by atoms with Gasteiger partial charge in [-0.3, -0.25) is 0 Å². The molecule has 0 atom stereocenters. The van der Waals surface area contributed by atoms with Crippen LogP contribution in [0.4, 0.5) is 9.59 Å². The van der Waals surface area contributed by atoms with E-state index in [4.69, 9.17) is 36.0 Å². The summed E-state index contributed by atoms with van der Waals surface area (Å²) in [5, 5.41) is 5.50. The predicted octanol–water partition coefficient (Wildman–Crippen LogP) is 4.70. The number of amides is 2. The first-order chi connectivity index (χ1) is 19.4. The van der Waals surface area contributed by atoms with Crippen molar-refractivity contribution in [3.63, 3.8) is 0 Å². The van der Waals surface area contributed by atoms with Crippen molar-refractivity contribution >= 4 is 51.4 Å². The molecule has 12 nitrogen and oxygen atoms in total. The highest BCUT2D eigenvalue weighted by molar-refractivity contribution is 8.76. The predicted molar refractivity (Wildman–Crippen MR) is 164 cm³/mol. The number of hydrogen-bond donors (Lipinski definition) is 2. The van der Waals surface area contributed by atoms with Gasteiger partial charge in [0.25, 0.3) is 0 Å². The van der Waals surface area contributed by atoms with Crippen molar-refractivity contribution in [2.24, 2.45) is 0 Å². The second-order valence-corrected chi connectivity index (χ2v) is 16.1. The average Bonchev–Trinajstić information content (AvgIpc) is 2.91. The number of hydrogen-bond acceptors (Lipinski definition) is 12. The van der Waals surface area contributed by atoms with Gasteiger partial charge in [-0.1, -0.05) is 21.6 Å². The van der Waals surface area contributed by atoms with Gasteiger partial charge in [-0.2, -0.15) is 0 Å². The molecule has 16 heteroatoms. The van der Waals surface area contributed by atoms with Gasteiger partial charge >= 0.3 is 29.8 Å². The van der Waals surface area contributed by atoms with Crippen molar-refractivity contribution in [2.75, 3.05) is 77.5 Å². The van der Waals surface area contributed by atoms with Gasteiger partial charge in [0.1, 0.15) is 13.2 Å². The summed E-state index contributed by atoms with van der Waals surface area (Å²) in [6.45, 7) is 16.2. The van der Waals surface area contributed by atoms with Crippen molar-refractivity contribution in [3.05, 3.63) is 0 Å². The molecule has 238 valence electrons. The van der Waals surface area contributed by atoms with Crippen molar-refractivity contribution in [3.8, 4) is 0 Å². The summed E-state index contributed by atoms with van der Waals surface area (Å²) in [7, 11) is -2.28. The van der Waals surface area contributed by atoms with E-state index in [0.717, 1.165) is 0 Å². The molecule has 0 aliphatic rings. The largest absolute Gasteiger partial charge is 0.500 e. The van der Waals surface area contributed by atoms with Crippen molar-refractivity contribution in [2.45, 2.75) is 66.5 Å². The summed E-state index contributed by atoms with van der Waals surface area (Å²) in [6, 6.07) is 1.26. The Hall–Kier alpha value is -0.566. The smallest absolute Gasteiger partial charge is 0.449 e. The van der Waals surface area contributed by atoms with E-state index in [1.54, 1.807) is 21.6 Å². The summed E-state index contributed by atoms with van der Waals surface area (Å²) in [5.74, 6) is 1.26. The molecule has 0 spiro atoms. The molecule has 0 rings (SSSR count). The van der Waals surface area contributed by atoms with Crippen LogP contribution in [-0.2, 0) is 36.0 Å². The van der Waals surface area contributed by atoms with Crippen LogP contribution >= 0.6 is 21.6 Å². The van der Waals surface area contributed by atoms with Crippen molar-refractivity contribution in [1.29, 1.82) is 0 Å². The summed E-state index contributed by atoms with van der Waals surface area (Å²) >= 11 is 0. The molecule has 0 unspecified atom stereocenters. The fraction of sp³-hybridized carbons (Fsp3) is 0.917. The van der Waals surface area contributed by atoms with Gasteiger partial charge in [-0.15, -0.1) is 0 Å². The second kappa shape index (κ2) is 26.1. The van der Waals surface area contributed by atoms with Gasteiger partial charge in [0, 0.05) is 76.3 Å². The van der Waals surface area contributed by atoms with E-state index in [2.05, 4.69) is 10.6 Å². The third-order valence-electron chi connectivity index (χ3n) is 4.93. The van der Waals surface area contributed by atoms with Gasteiger partial charge in [0.2, 0.25) is 0 Å². The molecule has 0 saturated heterocycles. The number of alkyl carbamates (subject to hydrolysis) is 2. The maximum Gasteiger partial charge on any atom is 0.500 e. The zero-order valence-corrected chi connectivity index (χ0v) is 28.8. The molecule has 0 aromatic rings. The molecule has 0 aliphatic heterocycles. The minimum Gasteiger partial charge on any atom is -0.449 e. The molecule has 0 aliphatic carbocycles. The van der Waals surface area contributed by atoms with Crippen LogP contribution in [0.1, 0.15) is 54.4 Å². The molecule has 0 bridgehead atoms. The first-order valence-corrected chi connectivity index (χ1v) is 20.6. The topological polar surface area (TPSA) is 132 Å². The normalized spacial score (nSPS) is 11.8. The fourth-order valence-electron chi connectivity index (χ4n) is 3.55. The molecule has 40 heavy (non-hydrogen) atoms. The Morgan fingerprint density at radius 2 is 0.850 bits per heavy atom. The quantitative estimate of drug-likeness (QED) is 0.0727. The molecule has 0 radical (unpaired) electrons. The number of nitrogens with one attached hydrogen (secondary N) is 2. The molecule has 0 aromatic carbocycles. The Morgan fingerprint density at radius 1 is 0.550 bits per heavy atom. The maximum atomic E-state index is 11.9. The third-order valence-corrected chi connectivity index (χ3v) is 13.6. The van der Waals surface area contributed by atoms with Gasteiger partial charge in [-0.05, 0) is 54.4 Å². The number of carbonyl (C=O) groups is 2. The lowest BCUT2D eigenvalue weighted by Gasteiger charge is -2.28. The Kier molecular flexibility index (Phi) is 25.7. The van der Waals surface area contributed by atoms with Gasteiger partial charge < -0.3 is 46.7 Å². The minimum absolute atomic E-state index is 0.288. The number of ether oxygens (including phenoxy) is 2.